The van der Waals surface area contributed by atoms with Crippen molar-refractivity contribution < 1.29 is 4.79 Å². The lowest BCUT2D eigenvalue weighted by Gasteiger charge is -2.09. The SMILES string of the molecule is CCC(CN)CC(=O)Cc1ccc(Cl)s1. The molecule has 1 aromatic heterocycles. The van der Waals surface area contributed by atoms with Gasteiger partial charge in [-0.25, -0.2) is 0 Å². The van der Waals surface area contributed by atoms with Crippen LogP contribution in [0.5, 0.6) is 0 Å². The van der Waals surface area contributed by atoms with Crippen molar-refractivity contribution in [2.24, 2.45) is 11.7 Å². The lowest BCUT2D eigenvalue weighted by molar-refractivity contribution is -0.119. The van der Waals surface area contributed by atoms with Crippen LogP contribution in [0.2, 0.25) is 4.34 Å². The smallest absolute Gasteiger partial charge is 0.138 e. The molecule has 0 aliphatic heterocycles. The van der Waals surface area contributed by atoms with E-state index in [1.54, 1.807) is 0 Å². The van der Waals surface area contributed by atoms with Crippen LogP contribution < -0.4 is 5.73 Å². The minimum absolute atomic E-state index is 0.255. The molecular formula is C11H16ClNOS. The molecule has 0 aliphatic rings. The highest BCUT2D eigenvalue weighted by molar-refractivity contribution is 7.16. The predicted octanol–water partition coefficient (Wildman–Crippen LogP) is 2.89. The largest absolute Gasteiger partial charge is 0.330 e. The van der Waals surface area contributed by atoms with Crippen molar-refractivity contribution >= 4 is 28.7 Å². The lowest BCUT2D eigenvalue weighted by atomic mass is 9.98. The molecule has 0 aromatic carbocycles. The average Bonchev–Trinajstić information content (AvgIpc) is 2.60. The van der Waals surface area contributed by atoms with Gasteiger partial charge in [0.1, 0.15) is 5.78 Å². The fraction of sp³-hybridized carbons (Fsp3) is 0.545. The monoisotopic (exact) mass is 245 g/mol. The van der Waals surface area contributed by atoms with E-state index in [-0.39, 0.29) is 5.78 Å². The fourth-order valence-electron chi connectivity index (χ4n) is 1.43. The molecule has 1 heterocycles. The zero-order valence-electron chi connectivity index (χ0n) is 8.83. The number of halogens is 1. The summed E-state index contributed by atoms with van der Waals surface area (Å²) in [5, 5.41) is 0. The molecular weight excluding hydrogens is 230 g/mol. The van der Waals surface area contributed by atoms with Crippen LogP contribution in [0.3, 0.4) is 0 Å². The Morgan fingerprint density at radius 1 is 1.60 bits per heavy atom. The van der Waals surface area contributed by atoms with Gasteiger partial charge in [-0.2, -0.15) is 0 Å². The van der Waals surface area contributed by atoms with Gasteiger partial charge in [-0.3, -0.25) is 4.79 Å². The van der Waals surface area contributed by atoms with Crippen LogP contribution in [-0.4, -0.2) is 12.3 Å². The second-order valence-electron chi connectivity index (χ2n) is 3.64. The fourth-order valence-corrected chi connectivity index (χ4v) is 2.55. The number of hydrogen-bond donors (Lipinski definition) is 1. The highest BCUT2D eigenvalue weighted by atomic mass is 35.5. The Bertz CT molecular complexity index is 320. The number of ketones is 1. The van der Waals surface area contributed by atoms with Crippen molar-refractivity contribution in [1.82, 2.24) is 0 Å². The lowest BCUT2D eigenvalue weighted by Crippen LogP contribution is -2.18. The van der Waals surface area contributed by atoms with Crippen LogP contribution >= 0.6 is 22.9 Å². The number of hydrogen-bond acceptors (Lipinski definition) is 3. The molecule has 0 radical (unpaired) electrons. The minimum Gasteiger partial charge on any atom is -0.330 e. The van der Waals surface area contributed by atoms with E-state index < -0.39 is 0 Å². The zero-order chi connectivity index (χ0) is 11.3. The van der Waals surface area contributed by atoms with Gasteiger partial charge in [0.25, 0.3) is 0 Å². The highest BCUT2D eigenvalue weighted by Crippen LogP contribution is 2.22. The Labute approximate surface area is 99.4 Å². The number of carbonyl (C=O) groups excluding carboxylic acids is 1. The molecule has 0 bridgehead atoms. The number of thiophene rings is 1. The van der Waals surface area contributed by atoms with E-state index in [4.69, 9.17) is 17.3 Å². The first-order chi connectivity index (χ1) is 7.15. The van der Waals surface area contributed by atoms with Crippen LogP contribution in [0.15, 0.2) is 12.1 Å². The van der Waals surface area contributed by atoms with Gasteiger partial charge in [0.2, 0.25) is 0 Å². The molecule has 2 nitrogen and oxygen atoms in total. The Balaban J connectivity index is 2.42. The summed E-state index contributed by atoms with van der Waals surface area (Å²) in [4.78, 5) is 12.7. The van der Waals surface area contributed by atoms with Crippen LogP contribution in [0.4, 0.5) is 0 Å². The van der Waals surface area contributed by atoms with Gasteiger partial charge in [-0.1, -0.05) is 24.9 Å². The molecule has 0 saturated carbocycles. The Hall–Kier alpha value is -0.380. The van der Waals surface area contributed by atoms with Crippen molar-refractivity contribution in [3.05, 3.63) is 21.3 Å². The third kappa shape index (κ3) is 4.33. The molecule has 2 N–H and O–H groups in total. The summed E-state index contributed by atoms with van der Waals surface area (Å²) in [6, 6.07) is 3.74. The van der Waals surface area contributed by atoms with Gasteiger partial charge in [0, 0.05) is 17.7 Å². The summed E-state index contributed by atoms with van der Waals surface area (Å²) in [6.45, 7) is 2.65. The van der Waals surface area contributed by atoms with E-state index in [1.807, 2.05) is 12.1 Å². The molecule has 15 heavy (non-hydrogen) atoms. The van der Waals surface area contributed by atoms with Gasteiger partial charge in [-0.05, 0) is 24.6 Å². The molecule has 0 aliphatic carbocycles. The average molecular weight is 246 g/mol. The first-order valence-corrected chi connectivity index (χ1v) is 6.31. The van der Waals surface area contributed by atoms with Crippen molar-refractivity contribution in [2.45, 2.75) is 26.2 Å². The maximum Gasteiger partial charge on any atom is 0.138 e. The maximum atomic E-state index is 11.7. The summed E-state index contributed by atoms with van der Waals surface area (Å²) in [5.41, 5.74) is 5.56. The topological polar surface area (TPSA) is 43.1 Å². The van der Waals surface area contributed by atoms with E-state index in [0.717, 1.165) is 15.6 Å². The van der Waals surface area contributed by atoms with Crippen molar-refractivity contribution in [3.8, 4) is 0 Å². The van der Waals surface area contributed by atoms with E-state index in [9.17, 15) is 4.79 Å². The summed E-state index contributed by atoms with van der Waals surface area (Å²) in [5.74, 6) is 0.582. The number of Topliss-reactive ketones (excluding diaryl/α,β-unsaturated/α-hetero) is 1. The number of rotatable bonds is 6. The molecule has 0 fully saturated rings. The van der Waals surface area contributed by atoms with Crippen LogP contribution in [0.25, 0.3) is 0 Å². The van der Waals surface area contributed by atoms with Crippen LogP contribution in [0.1, 0.15) is 24.6 Å². The summed E-state index contributed by atoms with van der Waals surface area (Å²) in [7, 11) is 0. The minimum atomic E-state index is 0.255. The summed E-state index contributed by atoms with van der Waals surface area (Å²) < 4.78 is 0.740. The van der Waals surface area contributed by atoms with Crippen molar-refractivity contribution in [1.29, 1.82) is 0 Å². The Kier molecular flexibility index (Phi) is 5.29. The van der Waals surface area contributed by atoms with Gasteiger partial charge in [0.15, 0.2) is 0 Å². The first-order valence-electron chi connectivity index (χ1n) is 5.11. The molecule has 0 spiro atoms. The van der Waals surface area contributed by atoms with Gasteiger partial charge in [-0.15, -0.1) is 11.3 Å². The summed E-state index contributed by atoms with van der Waals surface area (Å²) >= 11 is 7.26. The quantitative estimate of drug-likeness (QED) is 0.838. The van der Waals surface area contributed by atoms with Gasteiger partial charge >= 0.3 is 0 Å². The van der Waals surface area contributed by atoms with Gasteiger partial charge in [0.05, 0.1) is 4.34 Å². The molecule has 84 valence electrons. The van der Waals surface area contributed by atoms with E-state index in [1.165, 1.54) is 11.3 Å². The van der Waals surface area contributed by atoms with Crippen LogP contribution in [-0.2, 0) is 11.2 Å². The second kappa shape index (κ2) is 6.26. The van der Waals surface area contributed by atoms with E-state index in [2.05, 4.69) is 6.92 Å². The normalized spacial score (nSPS) is 12.7. The van der Waals surface area contributed by atoms with E-state index >= 15 is 0 Å². The van der Waals surface area contributed by atoms with E-state index in [0.29, 0.717) is 25.3 Å². The first kappa shape index (κ1) is 12.7. The van der Waals surface area contributed by atoms with Crippen molar-refractivity contribution in [3.63, 3.8) is 0 Å². The van der Waals surface area contributed by atoms with Gasteiger partial charge < -0.3 is 5.73 Å². The summed E-state index contributed by atoms with van der Waals surface area (Å²) in [6.07, 6.45) is 2.05. The molecule has 4 heteroatoms. The molecule has 1 atom stereocenters. The standard InChI is InChI=1S/C11H16ClNOS/c1-2-8(7-13)5-9(14)6-10-3-4-11(12)15-10/h3-4,8H,2,5-7,13H2,1H3. The van der Waals surface area contributed by atoms with Crippen molar-refractivity contribution in [2.75, 3.05) is 6.54 Å². The Morgan fingerprint density at radius 3 is 2.80 bits per heavy atom. The molecule has 0 saturated heterocycles. The van der Waals surface area contributed by atoms with Crippen LogP contribution in [0, 0.1) is 5.92 Å². The maximum absolute atomic E-state index is 11.7. The molecule has 0 amide bonds. The number of carbonyl (C=O) groups is 1. The Morgan fingerprint density at radius 2 is 2.33 bits per heavy atom. The third-order valence-electron chi connectivity index (χ3n) is 2.43. The zero-order valence-corrected chi connectivity index (χ0v) is 10.4. The highest BCUT2D eigenvalue weighted by Gasteiger charge is 2.11. The molecule has 1 rings (SSSR count). The number of nitrogens with two attached hydrogens (primary N) is 1. The predicted molar refractivity (Wildman–Crippen MR) is 65.5 cm³/mol. The third-order valence-corrected chi connectivity index (χ3v) is 3.66. The molecule has 1 aromatic rings. The molecule has 1 unspecified atom stereocenters. The second-order valence-corrected chi connectivity index (χ2v) is 5.44.